The Hall–Kier alpha value is -0.890. The molecule has 12 heavy (non-hydrogen) atoms. The van der Waals surface area contributed by atoms with Crippen LogP contribution in [0.15, 0.2) is 11.4 Å². The highest BCUT2D eigenvalue weighted by molar-refractivity contribution is 7.10. The molecule has 0 radical (unpaired) electrons. The van der Waals surface area contributed by atoms with Gasteiger partial charge in [-0.3, -0.25) is 0 Å². The van der Waals surface area contributed by atoms with Crippen LogP contribution in [-0.4, -0.2) is 13.2 Å². The van der Waals surface area contributed by atoms with E-state index in [0.29, 0.717) is 18.8 Å². The molecular weight excluding hydrogens is 174 g/mol. The average Bonchev–Trinajstić information content (AvgIpc) is 2.74. The van der Waals surface area contributed by atoms with E-state index >= 15 is 0 Å². The maximum absolute atomic E-state index is 8.71. The minimum atomic E-state index is -0.306. The Kier molecular flexibility index (Phi) is 2.09. The molecular formula is C8H7NO2S. The molecule has 1 saturated heterocycles. The third-order valence-corrected chi connectivity index (χ3v) is 2.59. The molecule has 0 aromatic carbocycles. The van der Waals surface area contributed by atoms with E-state index in [1.165, 1.54) is 11.3 Å². The highest BCUT2D eigenvalue weighted by Crippen LogP contribution is 2.30. The molecule has 62 valence electrons. The molecule has 0 bridgehead atoms. The largest absolute Gasteiger partial charge is 0.345 e. The molecule has 1 aliphatic rings. The van der Waals surface area contributed by atoms with Crippen molar-refractivity contribution in [3.63, 3.8) is 0 Å². The van der Waals surface area contributed by atoms with E-state index < -0.39 is 0 Å². The first-order valence-corrected chi connectivity index (χ1v) is 4.50. The summed E-state index contributed by atoms with van der Waals surface area (Å²) in [6.45, 7) is 1.24. The van der Waals surface area contributed by atoms with Crippen molar-refractivity contribution >= 4 is 11.3 Å². The van der Waals surface area contributed by atoms with Crippen LogP contribution in [0.5, 0.6) is 0 Å². The summed E-state index contributed by atoms with van der Waals surface area (Å²) in [4.78, 5) is 0.884. The van der Waals surface area contributed by atoms with E-state index in [2.05, 4.69) is 6.07 Å². The number of thiophene rings is 1. The molecule has 4 heteroatoms. The first-order chi connectivity index (χ1) is 5.92. The Morgan fingerprint density at radius 2 is 2.25 bits per heavy atom. The second kappa shape index (κ2) is 3.23. The SMILES string of the molecule is N#Cc1ccsc1C1OCCO1. The lowest BCUT2D eigenvalue weighted by atomic mass is 10.3. The van der Waals surface area contributed by atoms with Gasteiger partial charge in [-0.15, -0.1) is 11.3 Å². The zero-order valence-corrected chi connectivity index (χ0v) is 7.13. The lowest BCUT2D eigenvalue weighted by molar-refractivity contribution is -0.0414. The highest BCUT2D eigenvalue weighted by atomic mass is 32.1. The van der Waals surface area contributed by atoms with E-state index in [-0.39, 0.29) is 6.29 Å². The first-order valence-electron chi connectivity index (χ1n) is 3.62. The Bertz CT molecular complexity index is 309. The number of hydrogen-bond donors (Lipinski definition) is 0. The molecule has 2 rings (SSSR count). The zero-order valence-electron chi connectivity index (χ0n) is 6.32. The molecule has 1 aromatic rings. The number of hydrogen-bond acceptors (Lipinski definition) is 4. The molecule has 3 nitrogen and oxygen atoms in total. The Morgan fingerprint density at radius 3 is 2.92 bits per heavy atom. The number of rotatable bonds is 1. The maximum atomic E-state index is 8.71. The molecule has 0 aliphatic carbocycles. The van der Waals surface area contributed by atoms with Gasteiger partial charge in [0.15, 0.2) is 6.29 Å². The fourth-order valence-corrected chi connectivity index (χ4v) is 1.94. The van der Waals surface area contributed by atoms with E-state index in [1.807, 2.05) is 5.38 Å². The molecule has 0 spiro atoms. The molecule has 0 unspecified atom stereocenters. The minimum absolute atomic E-state index is 0.306. The van der Waals surface area contributed by atoms with Gasteiger partial charge < -0.3 is 9.47 Å². The monoisotopic (exact) mass is 181 g/mol. The zero-order chi connectivity index (χ0) is 8.39. The predicted octanol–water partition coefficient (Wildman–Crippen LogP) is 1.67. The molecule has 0 saturated carbocycles. The van der Waals surface area contributed by atoms with Crippen LogP contribution in [0.25, 0.3) is 0 Å². The van der Waals surface area contributed by atoms with Gasteiger partial charge in [0.1, 0.15) is 6.07 Å². The maximum Gasteiger partial charge on any atom is 0.194 e. The number of nitriles is 1. The van der Waals surface area contributed by atoms with Gasteiger partial charge in [0, 0.05) is 0 Å². The molecule has 2 heterocycles. The summed E-state index contributed by atoms with van der Waals surface area (Å²) < 4.78 is 10.6. The fraction of sp³-hybridized carbons (Fsp3) is 0.375. The first kappa shape index (κ1) is 7.74. The lowest BCUT2D eigenvalue weighted by Crippen LogP contribution is -1.96. The van der Waals surface area contributed by atoms with E-state index in [9.17, 15) is 0 Å². The second-order valence-corrected chi connectivity index (χ2v) is 3.33. The summed E-state index contributed by atoms with van der Waals surface area (Å²) in [7, 11) is 0. The molecule has 1 aromatic heterocycles. The van der Waals surface area contributed by atoms with Crippen molar-refractivity contribution in [3.8, 4) is 6.07 Å². The Labute approximate surface area is 74.1 Å². The third-order valence-electron chi connectivity index (χ3n) is 1.65. The summed E-state index contributed by atoms with van der Waals surface area (Å²) >= 11 is 1.50. The van der Waals surface area contributed by atoms with Gasteiger partial charge in [-0.2, -0.15) is 5.26 Å². The molecule has 1 fully saturated rings. The van der Waals surface area contributed by atoms with Gasteiger partial charge in [0.2, 0.25) is 0 Å². The van der Waals surface area contributed by atoms with Gasteiger partial charge in [-0.25, -0.2) is 0 Å². The standard InChI is InChI=1S/C8H7NO2S/c9-5-6-1-4-12-7(6)8-10-2-3-11-8/h1,4,8H,2-3H2. The van der Waals surface area contributed by atoms with Gasteiger partial charge in [0.25, 0.3) is 0 Å². The number of ether oxygens (including phenoxy) is 2. The van der Waals surface area contributed by atoms with Crippen molar-refractivity contribution in [2.75, 3.05) is 13.2 Å². The summed E-state index contributed by atoms with van der Waals surface area (Å²) in [5.74, 6) is 0. The molecule has 0 amide bonds. The van der Waals surface area contributed by atoms with Crippen molar-refractivity contribution in [1.82, 2.24) is 0 Å². The van der Waals surface area contributed by atoms with Gasteiger partial charge >= 0.3 is 0 Å². The molecule has 1 aliphatic heterocycles. The quantitative estimate of drug-likeness (QED) is 0.661. The van der Waals surface area contributed by atoms with Crippen molar-refractivity contribution in [3.05, 3.63) is 21.9 Å². The van der Waals surface area contributed by atoms with Crippen LogP contribution in [0.3, 0.4) is 0 Å². The van der Waals surface area contributed by atoms with Crippen LogP contribution in [-0.2, 0) is 9.47 Å². The average molecular weight is 181 g/mol. The smallest absolute Gasteiger partial charge is 0.194 e. The highest BCUT2D eigenvalue weighted by Gasteiger charge is 2.22. The fourth-order valence-electron chi connectivity index (χ4n) is 1.11. The van der Waals surface area contributed by atoms with Gasteiger partial charge in [0.05, 0.1) is 23.7 Å². The molecule has 0 atom stereocenters. The van der Waals surface area contributed by atoms with Crippen LogP contribution in [0.4, 0.5) is 0 Å². The van der Waals surface area contributed by atoms with E-state index in [1.54, 1.807) is 6.07 Å². The summed E-state index contributed by atoms with van der Waals surface area (Å²) in [6, 6.07) is 3.89. The Balaban J connectivity index is 2.27. The third kappa shape index (κ3) is 1.23. The van der Waals surface area contributed by atoms with Crippen LogP contribution >= 0.6 is 11.3 Å². The summed E-state index contributed by atoms with van der Waals surface area (Å²) in [6.07, 6.45) is -0.306. The van der Waals surface area contributed by atoms with E-state index in [0.717, 1.165) is 4.88 Å². The van der Waals surface area contributed by atoms with Gasteiger partial charge in [-0.1, -0.05) is 0 Å². The summed E-state index contributed by atoms with van der Waals surface area (Å²) in [5.41, 5.74) is 0.659. The Morgan fingerprint density at radius 1 is 1.50 bits per heavy atom. The molecule has 0 N–H and O–H groups in total. The van der Waals surface area contributed by atoms with Crippen molar-refractivity contribution < 1.29 is 9.47 Å². The topological polar surface area (TPSA) is 42.2 Å². The number of nitrogens with zero attached hydrogens (tertiary/aromatic N) is 1. The van der Waals surface area contributed by atoms with Crippen LogP contribution in [0.2, 0.25) is 0 Å². The second-order valence-electron chi connectivity index (χ2n) is 2.38. The predicted molar refractivity (Wildman–Crippen MR) is 43.7 cm³/mol. The van der Waals surface area contributed by atoms with Crippen LogP contribution < -0.4 is 0 Å². The van der Waals surface area contributed by atoms with E-state index in [4.69, 9.17) is 14.7 Å². The van der Waals surface area contributed by atoms with Gasteiger partial charge in [-0.05, 0) is 11.4 Å². The lowest BCUT2D eigenvalue weighted by Gasteiger charge is -2.05. The van der Waals surface area contributed by atoms with Crippen molar-refractivity contribution in [2.24, 2.45) is 0 Å². The van der Waals surface area contributed by atoms with Crippen molar-refractivity contribution in [1.29, 1.82) is 5.26 Å². The minimum Gasteiger partial charge on any atom is -0.345 e. The van der Waals surface area contributed by atoms with Crippen LogP contribution in [0.1, 0.15) is 16.7 Å². The summed E-state index contributed by atoms with van der Waals surface area (Å²) in [5, 5.41) is 10.6. The normalized spacial score (nSPS) is 17.9. The van der Waals surface area contributed by atoms with Crippen molar-refractivity contribution in [2.45, 2.75) is 6.29 Å². The van der Waals surface area contributed by atoms with Crippen LogP contribution in [0, 0.1) is 11.3 Å².